The van der Waals surface area contributed by atoms with E-state index in [1.165, 1.54) is 24.3 Å². The first-order valence-corrected chi connectivity index (χ1v) is 9.68. The second-order valence-electron chi connectivity index (χ2n) is 4.99. The summed E-state index contributed by atoms with van der Waals surface area (Å²) in [5.74, 6) is 2.29. The van der Waals surface area contributed by atoms with Crippen molar-refractivity contribution in [1.82, 2.24) is 10.0 Å². The van der Waals surface area contributed by atoms with Gasteiger partial charge in [-0.15, -0.1) is 0 Å². The van der Waals surface area contributed by atoms with Gasteiger partial charge in [-0.2, -0.15) is 11.8 Å². The fourth-order valence-electron chi connectivity index (χ4n) is 2.19. The second-order valence-corrected chi connectivity index (χ2v) is 7.98. The van der Waals surface area contributed by atoms with E-state index in [-0.39, 0.29) is 10.6 Å². The van der Waals surface area contributed by atoms with Crippen LogP contribution in [-0.4, -0.2) is 44.0 Å². The normalized spacial score (nSPS) is 16.5. The van der Waals surface area contributed by atoms with Crippen molar-refractivity contribution in [3.8, 4) is 0 Å². The Bertz CT molecular complexity index is 598. The van der Waals surface area contributed by atoms with Gasteiger partial charge in [0.25, 0.3) is 5.69 Å². The van der Waals surface area contributed by atoms with Gasteiger partial charge in [-0.05, 0) is 36.5 Å². The predicted octanol–water partition coefficient (Wildman–Crippen LogP) is 1.36. The van der Waals surface area contributed by atoms with E-state index in [1.54, 1.807) is 0 Å². The van der Waals surface area contributed by atoms with Crippen LogP contribution in [0, 0.1) is 10.1 Å². The zero-order chi connectivity index (χ0) is 16.0. The smallest absolute Gasteiger partial charge is 0.269 e. The van der Waals surface area contributed by atoms with E-state index in [2.05, 4.69) is 10.0 Å². The molecule has 0 bridgehead atoms. The molecule has 1 heterocycles. The van der Waals surface area contributed by atoms with Gasteiger partial charge < -0.3 is 5.32 Å². The Labute approximate surface area is 134 Å². The zero-order valence-electron chi connectivity index (χ0n) is 12.0. The number of nitro groups is 1. The van der Waals surface area contributed by atoms with Gasteiger partial charge in [0.1, 0.15) is 0 Å². The summed E-state index contributed by atoms with van der Waals surface area (Å²) in [7, 11) is -3.62. The van der Waals surface area contributed by atoms with Crippen LogP contribution in [-0.2, 0) is 10.0 Å². The molecule has 2 N–H and O–H groups in total. The predicted molar refractivity (Wildman–Crippen MR) is 86.6 cm³/mol. The number of benzene rings is 1. The van der Waals surface area contributed by atoms with Gasteiger partial charge in [0, 0.05) is 31.3 Å². The van der Waals surface area contributed by atoms with E-state index in [4.69, 9.17) is 0 Å². The number of sulfonamides is 1. The Morgan fingerprint density at radius 1 is 1.18 bits per heavy atom. The first kappa shape index (κ1) is 17.2. The molecule has 0 spiro atoms. The molecule has 0 radical (unpaired) electrons. The molecule has 1 aliphatic rings. The zero-order valence-corrected chi connectivity index (χ0v) is 13.7. The summed E-state index contributed by atoms with van der Waals surface area (Å²) in [6.45, 7) is 0.866. The minimum Gasteiger partial charge on any atom is -0.313 e. The van der Waals surface area contributed by atoms with Gasteiger partial charge >= 0.3 is 0 Å². The van der Waals surface area contributed by atoms with E-state index in [0.717, 1.165) is 24.3 Å². The molecular formula is C13H19N3O4S2. The van der Waals surface area contributed by atoms with Crippen LogP contribution in [0.3, 0.4) is 0 Å². The molecule has 1 aromatic carbocycles. The number of nitro benzene ring substituents is 1. The second kappa shape index (κ2) is 7.91. The first-order valence-electron chi connectivity index (χ1n) is 7.04. The third-order valence-corrected chi connectivity index (χ3v) is 5.95. The number of nitrogens with zero attached hydrogens (tertiary/aromatic N) is 1. The molecule has 122 valence electrons. The molecule has 0 amide bonds. The lowest BCUT2D eigenvalue weighted by molar-refractivity contribution is -0.384. The van der Waals surface area contributed by atoms with Gasteiger partial charge in [0.15, 0.2) is 0 Å². The van der Waals surface area contributed by atoms with Crippen molar-refractivity contribution in [2.24, 2.45) is 0 Å². The molecule has 1 fully saturated rings. The lowest BCUT2D eigenvalue weighted by Crippen LogP contribution is -2.38. The molecule has 7 nitrogen and oxygen atoms in total. The number of non-ortho nitro benzene ring substituents is 1. The van der Waals surface area contributed by atoms with Crippen LogP contribution < -0.4 is 10.0 Å². The summed E-state index contributed by atoms with van der Waals surface area (Å²) in [4.78, 5) is 10.0. The lowest BCUT2D eigenvalue weighted by atomic mass is 10.1. The fourth-order valence-corrected chi connectivity index (χ4v) is 4.33. The van der Waals surface area contributed by atoms with Crippen molar-refractivity contribution < 1.29 is 13.3 Å². The minimum atomic E-state index is -3.62. The third-order valence-electron chi connectivity index (χ3n) is 3.43. The van der Waals surface area contributed by atoms with Crippen LogP contribution in [0.15, 0.2) is 29.2 Å². The summed E-state index contributed by atoms with van der Waals surface area (Å²) in [6, 6.07) is 5.32. The quantitative estimate of drug-likeness (QED) is 0.439. The van der Waals surface area contributed by atoms with Crippen molar-refractivity contribution in [3.05, 3.63) is 34.4 Å². The molecule has 1 saturated heterocycles. The summed E-state index contributed by atoms with van der Waals surface area (Å²) >= 11 is 1.94. The van der Waals surface area contributed by atoms with Crippen molar-refractivity contribution in [1.29, 1.82) is 0 Å². The van der Waals surface area contributed by atoms with Crippen molar-refractivity contribution in [3.63, 3.8) is 0 Å². The van der Waals surface area contributed by atoms with Crippen molar-refractivity contribution >= 4 is 27.5 Å². The van der Waals surface area contributed by atoms with Gasteiger partial charge in [-0.25, -0.2) is 13.1 Å². The molecule has 0 atom stereocenters. The van der Waals surface area contributed by atoms with Crippen molar-refractivity contribution in [2.45, 2.75) is 23.8 Å². The van der Waals surface area contributed by atoms with Gasteiger partial charge in [-0.3, -0.25) is 10.1 Å². The topological polar surface area (TPSA) is 101 Å². The highest BCUT2D eigenvalue weighted by Gasteiger charge is 2.16. The molecule has 2 rings (SSSR count). The van der Waals surface area contributed by atoms with Gasteiger partial charge in [-0.1, -0.05) is 0 Å². The number of hydrogen-bond donors (Lipinski definition) is 2. The highest BCUT2D eigenvalue weighted by molar-refractivity contribution is 7.99. The number of thioether (sulfide) groups is 1. The minimum absolute atomic E-state index is 0.0344. The number of hydrogen-bond acceptors (Lipinski definition) is 6. The first-order chi connectivity index (χ1) is 10.5. The van der Waals surface area contributed by atoms with Crippen LogP contribution in [0.4, 0.5) is 5.69 Å². The number of nitrogens with one attached hydrogen (secondary N) is 2. The van der Waals surface area contributed by atoms with E-state index >= 15 is 0 Å². The molecule has 22 heavy (non-hydrogen) atoms. The Balaban J connectivity index is 1.81. The van der Waals surface area contributed by atoms with Gasteiger partial charge in [0.05, 0.1) is 9.82 Å². The molecular weight excluding hydrogens is 326 g/mol. The molecule has 9 heteroatoms. The van der Waals surface area contributed by atoms with E-state index in [0.29, 0.717) is 19.1 Å². The van der Waals surface area contributed by atoms with Crippen LogP contribution in [0.2, 0.25) is 0 Å². The molecule has 1 aromatic rings. The molecule has 0 aromatic heterocycles. The van der Waals surface area contributed by atoms with Crippen molar-refractivity contribution in [2.75, 3.05) is 24.6 Å². The average molecular weight is 345 g/mol. The van der Waals surface area contributed by atoms with E-state index < -0.39 is 14.9 Å². The van der Waals surface area contributed by atoms with E-state index in [1.807, 2.05) is 11.8 Å². The fraction of sp³-hybridized carbons (Fsp3) is 0.538. The molecule has 1 aliphatic heterocycles. The van der Waals surface area contributed by atoms with Crippen LogP contribution >= 0.6 is 11.8 Å². The highest BCUT2D eigenvalue weighted by Crippen LogP contribution is 2.17. The Kier molecular flexibility index (Phi) is 6.18. The summed E-state index contributed by atoms with van der Waals surface area (Å²) in [6.07, 6.45) is 2.22. The monoisotopic (exact) mass is 345 g/mol. The maximum absolute atomic E-state index is 12.1. The third kappa shape index (κ3) is 4.94. The number of rotatable bonds is 7. The summed E-state index contributed by atoms with van der Waals surface area (Å²) in [5, 5.41) is 13.9. The maximum atomic E-state index is 12.1. The largest absolute Gasteiger partial charge is 0.313 e. The Hall–Kier alpha value is -1.16. The highest BCUT2D eigenvalue weighted by atomic mass is 32.2. The maximum Gasteiger partial charge on any atom is 0.269 e. The van der Waals surface area contributed by atoms with E-state index in [9.17, 15) is 18.5 Å². The SMILES string of the molecule is O=[N+]([O-])c1ccc(S(=O)(=O)NCCNC2CCSCC2)cc1. The Morgan fingerprint density at radius 3 is 2.41 bits per heavy atom. The van der Waals surface area contributed by atoms with Gasteiger partial charge in [0.2, 0.25) is 10.0 Å². The summed E-state index contributed by atoms with van der Waals surface area (Å²) in [5.41, 5.74) is -0.129. The van der Waals surface area contributed by atoms with Crippen LogP contribution in [0.5, 0.6) is 0 Å². The lowest BCUT2D eigenvalue weighted by Gasteiger charge is -2.22. The average Bonchev–Trinajstić information content (AvgIpc) is 2.53. The summed E-state index contributed by atoms with van der Waals surface area (Å²) < 4.78 is 26.6. The van der Waals surface area contributed by atoms with Crippen LogP contribution in [0.25, 0.3) is 0 Å². The van der Waals surface area contributed by atoms with Crippen LogP contribution in [0.1, 0.15) is 12.8 Å². The standard InChI is InChI=1S/C13H19N3O4S2/c17-16(18)12-1-3-13(4-2-12)22(19,20)15-8-7-14-11-5-9-21-10-6-11/h1-4,11,14-15H,5-10H2. The molecule has 0 unspecified atom stereocenters. The molecule has 0 saturated carbocycles. The Morgan fingerprint density at radius 2 is 1.82 bits per heavy atom. The molecule has 0 aliphatic carbocycles.